The second-order valence-corrected chi connectivity index (χ2v) is 4.23. The Morgan fingerprint density at radius 1 is 1.45 bits per heavy atom. The minimum atomic E-state index is 0.0914. The lowest BCUT2D eigenvalue weighted by Crippen LogP contribution is -2.21. The summed E-state index contributed by atoms with van der Waals surface area (Å²) in [6.07, 6.45) is 0. The third-order valence-corrected chi connectivity index (χ3v) is 2.83. The van der Waals surface area contributed by atoms with Crippen LogP contribution in [0, 0.1) is 5.92 Å². The van der Waals surface area contributed by atoms with Crippen molar-refractivity contribution in [2.45, 2.75) is 32.9 Å². The zero-order chi connectivity index (χ0) is 8.85. The molecule has 3 heteroatoms. The van der Waals surface area contributed by atoms with Crippen molar-refractivity contribution in [3.8, 4) is 0 Å². The van der Waals surface area contributed by atoms with Gasteiger partial charge in [-0.3, -0.25) is 4.79 Å². The molecule has 1 unspecified atom stereocenters. The maximum atomic E-state index is 11.0. The molecule has 0 fully saturated rings. The molecule has 66 valence electrons. The van der Waals surface area contributed by atoms with Crippen LogP contribution < -0.4 is 5.32 Å². The molecule has 0 aliphatic rings. The zero-order valence-electron chi connectivity index (χ0n) is 7.68. The molecule has 0 aliphatic heterocycles. The van der Waals surface area contributed by atoms with E-state index in [0.717, 1.165) is 6.54 Å². The smallest absolute Gasteiger partial charge is 0.279 e. The van der Waals surface area contributed by atoms with E-state index in [9.17, 15) is 4.79 Å². The molecular formula is C8H17NOS. The van der Waals surface area contributed by atoms with Gasteiger partial charge in [0.1, 0.15) is 0 Å². The molecule has 0 bridgehead atoms. The number of carbonyl (C=O) groups excluding carboxylic acids is 1. The molecule has 0 aromatic rings. The van der Waals surface area contributed by atoms with Gasteiger partial charge in [0.15, 0.2) is 0 Å². The molecule has 0 rings (SSSR count). The molecule has 0 spiro atoms. The average Bonchev–Trinajstić information content (AvgIpc) is 1.87. The summed E-state index contributed by atoms with van der Waals surface area (Å²) in [4.78, 5) is 11.0. The highest BCUT2D eigenvalue weighted by Gasteiger charge is 2.11. The third kappa shape index (κ3) is 5.13. The number of thioether (sulfide) groups is 1. The van der Waals surface area contributed by atoms with E-state index in [0.29, 0.717) is 11.2 Å². The van der Waals surface area contributed by atoms with Gasteiger partial charge in [-0.05, 0) is 12.8 Å². The number of amides is 1. The Balaban J connectivity index is 3.57. The molecule has 0 aliphatic carbocycles. The van der Waals surface area contributed by atoms with Crippen molar-refractivity contribution < 1.29 is 4.79 Å². The van der Waals surface area contributed by atoms with Crippen molar-refractivity contribution in [1.82, 2.24) is 5.32 Å². The lowest BCUT2D eigenvalue weighted by atomic mass is 10.2. The second kappa shape index (κ2) is 5.47. The van der Waals surface area contributed by atoms with E-state index in [1.165, 1.54) is 11.8 Å². The number of hydrogen-bond donors (Lipinski definition) is 1. The van der Waals surface area contributed by atoms with Crippen LogP contribution >= 0.6 is 11.8 Å². The van der Waals surface area contributed by atoms with E-state index in [4.69, 9.17) is 0 Å². The number of nitrogens with one attached hydrogen (secondary N) is 1. The van der Waals surface area contributed by atoms with E-state index >= 15 is 0 Å². The lowest BCUT2D eigenvalue weighted by molar-refractivity contribution is 0.261. The number of rotatable bonds is 3. The Morgan fingerprint density at radius 2 is 2.00 bits per heavy atom. The van der Waals surface area contributed by atoms with Crippen molar-refractivity contribution in [2.75, 3.05) is 6.54 Å². The summed E-state index contributed by atoms with van der Waals surface area (Å²) in [6.45, 7) is 8.97. The maximum Gasteiger partial charge on any atom is 0.279 e. The van der Waals surface area contributed by atoms with Crippen LogP contribution in [-0.2, 0) is 0 Å². The summed E-state index contributed by atoms with van der Waals surface area (Å²) >= 11 is 1.38. The maximum absolute atomic E-state index is 11.0. The van der Waals surface area contributed by atoms with Crippen LogP contribution in [0.3, 0.4) is 0 Å². The highest BCUT2D eigenvalue weighted by molar-refractivity contribution is 8.14. The van der Waals surface area contributed by atoms with Crippen molar-refractivity contribution >= 4 is 17.0 Å². The van der Waals surface area contributed by atoms with Crippen LogP contribution in [0.25, 0.3) is 0 Å². The van der Waals surface area contributed by atoms with E-state index in [1.54, 1.807) is 0 Å². The molecule has 0 saturated heterocycles. The SMILES string of the molecule is CCNC(=O)SC(C)C(C)C. The molecule has 1 atom stereocenters. The van der Waals surface area contributed by atoms with Crippen LogP contribution in [0.1, 0.15) is 27.7 Å². The monoisotopic (exact) mass is 175 g/mol. The van der Waals surface area contributed by atoms with Gasteiger partial charge in [0.2, 0.25) is 0 Å². The van der Waals surface area contributed by atoms with Crippen LogP contribution in [0.4, 0.5) is 4.79 Å². The van der Waals surface area contributed by atoms with Gasteiger partial charge in [-0.15, -0.1) is 0 Å². The van der Waals surface area contributed by atoms with Gasteiger partial charge in [-0.2, -0.15) is 0 Å². The summed E-state index contributed by atoms with van der Waals surface area (Å²) < 4.78 is 0. The van der Waals surface area contributed by atoms with Crippen molar-refractivity contribution in [2.24, 2.45) is 5.92 Å². The predicted octanol–water partition coefficient (Wildman–Crippen LogP) is 2.49. The Hall–Kier alpha value is -0.180. The average molecular weight is 175 g/mol. The first-order chi connectivity index (χ1) is 5.07. The first-order valence-electron chi connectivity index (χ1n) is 4.02. The largest absolute Gasteiger partial charge is 0.347 e. The summed E-state index contributed by atoms with van der Waals surface area (Å²) in [5, 5.41) is 3.25. The summed E-state index contributed by atoms with van der Waals surface area (Å²) in [5.41, 5.74) is 0. The van der Waals surface area contributed by atoms with E-state index in [2.05, 4.69) is 26.1 Å². The van der Waals surface area contributed by atoms with Gasteiger partial charge < -0.3 is 5.32 Å². The number of hydrogen-bond acceptors (Lipinski definition) is 2. The normalized spacial score (nSPS) is 13.2. The third-order valence-electron chi connectivity index (χ3n) is 1.55. The highest BCUT2D eigenvalue weighted by Crippen LogP contribution is 2.18. The number of carbonyl (C=O) groups is 1. The van der Waals surface area contributed by atoms with E-state index in [-0.39, 0.29) is 5.24 Å². The van der Waals surface area contributed by atoms with Gasteiger partial charge >= 0.3 is 0 Å². The molecule has 0 aromatic heterocycles. The van der Waals surface area contributed by atoms with Crippen LogP contribution in [-0.4, -0.2) is 17.0 Å². The van der Waals surface area contributed by atoms with Crippen LogP contribution in [0.2, 0.25) is 0 Å². The predicted molar refractivity (Wildman–Crippen MR) is 51.0 cm³/mol. The minimum absolute atomic E-state index is 0.0914. The Bertz CT molecular complexity index is 125. The van der Waals surface area contributed by atoms with Gasteiger partial charge in [0, 0.05) is 11.8 Å². The second-order valence-electron chi connectivity index (χ2n) is 2.88. The topological polar surface area (TPSA) is 29.1 Å². The molecule has 0 aromatic carbocycles. The van der Waals surface area contributed by atoms with E-state index < -0.39 is 0 Å². The Morgan fingerprint density at radius 3 is 2.36 bits per heavy atom. The molecule has 1 N–H and O–H groups in total. The van der Waals surface area contributed by atoms with Crippen molar-refractivity contribution in [3.05, 3.63) is 0 Å². The zero-order valence-corrected chi connectivity index (χ0v) is 8.49. The Kier molecular flexibility index (Phi) is 5.38. The highest BCUT2D eigenvalue weighted by atomic mass is 32.2. The van der Waals surface area contributed by atoms with Crippen molar-refractivity contribution in [1.29, 1.82) is 0 Å². The lowest BCUT2D eigenvalue weighted by Gasteiger charge is -2.13. The fraction of sp³-hybridized carbons (Fsp3) is 0.875. The standard InChI is InChI=1S/C8H17NOS/c1-5-9-8(10)11-7(4)6(2)3/h6-7H,5H2,1-4H3,(H,9,10). The first kappa shape index (κ1) is 10.8. The summed E-state index contributed by atoms with van der Waals surface area (Å²) in [5.74, 6) is 0.558. The molecule has 11 heavy (non-hydrogen) atoms. The van der Waals surface area contributed by atoms with Crippen LogP contribution in [0.15, 0.2) is 0 Å². The molecular weight excluding hydrogens is 158 g/mol. The molecule has 2 nitrogen and oxygen atoms in total. The molecule has 0 saturated carbocycles. The minimum Gasteiger partial charge on any atom is -0.347 e. The quantitative estimate of drug-likeness (QED) is 0.714. The molecule has 1 amide bonds. The fourth-order valence-corrected chi connectivity index (χ4v) is 1.33. The van der Waals surface area contributed by atoms with Crippen molar-refractivity contribution in [3.63, 3.8) is 0 Å². The molecule has 0 heterocycles. The molecule has 0 radical (unpaired) electrons. The summed E-state index contributed by atoms with van der Waals surface area (Å²) in [6, 6.07) is 0. The fourth-order valence-electron chi connectivity index (χ4n) is 0.491. The van der Waals surface area contributed by atoms with E-state index in [1.807, 2.05) is 6.92 Å². The summed E-state index contributed by atoms with van der Waals surface area (Å²) in [7, 11) is 0. The van der Waals surface area contributed by atoms with Crippen LogP contribution in [0.5, 0.6) is 0 Å². The van der Waals surface area contributed by atoms with Gasteiger partial charge in [-0.1, -0.05) is 32.5 Å². The Labute approximate surface area is 73.1 Å². The van der Waals surface area contributed by atoms with Gasteiger partial charge in [-0.25, -0.2) is 0 Å². The van der Waals surface area contributed by atoms with Gasteiger partial charge in [0.25, 0.3) is 5.24 Å². The first-order valence-corrected chi connectivity index (χ1v) is 4.90. The van der Waals surface area contributed by atoms with Gasteiger partial charge in [0.05, 0.1) is 0 Å².